The van der Waals surface area contributed by atoms with Crippen molar-refractivity contribution in [3.05, 3.63) is 24.4 Å². The molecular formula is C15H23N3O. The van der Waals surface area contributed by atoms with Crippen molar-refractivity contribution >= 4 is 0 Å². The zero-order valence-corrected chi connectivity index (χ0v) is 11.8. The average molecular weight is 261 g/mol. The Kier molecular flexibility index (Phi) is 3.71. The second kappa shape index (κ2) is 5.47. The van der Waals surface area contributed by atoms with Crippen LogP contribution in [0, 0.1) is 5.92 Å². The summed E-state index contributed by atoms with van der Waals surface area (Å²) in [5, 5.41) is 0. The molecule has 4 heteroatoms. The summed E-state index contributed by atoms with van der Waals surface area (Å²) in [7, 11) is 4.27. The minimum Gasteiger partial charge on any atom is -0.472 e. The van der Waals surface area contributed by atoms with Crippen LogP contribution in [0.4, 0.5) is 0 Å². The molecule has 3 rings (SSSR count). The van der Waals surface area contributed by atoms with Crippen molar-refractivity contribution in [1.82, 2.24) is 14.8 Å². The van der Waals surface area contributed by atoms with Crippen LogP contribution in [0.25, 0.3) is 0 Å². The number of likely N-dealkylation sites (tertiary alicyclic amines) is 1. The molecule has 1 aromatic heterocycles. The highest BCUT2D eigenvalue weighted by Gasteiger charge is 2.48. The van der Waals surface area contributed by atoms with Crippen LogP contribution in [-0.4, -0.2) is 60.7 Å². The van der Waals surface area contributed by atoms with E-state index in [1.165, 1.54) is 19.4 Å². The van der Waals surface area contributed by atoms with Gasteiger partial charge in [0.1, 0.15) is 6.10 Å². The largest absolute Gasteiger partial charge is 0.472 e. The molecule has 4 nitrogen and oxygen atoms in total. The molecule has 19 heavy (non-hydrogen) atoms. The predicted octanol–water partition coefficient (Wildman–Crippen LogP) is 1.48. The van der Waals surface area contributed by atoms with E-state index in [0.29, 0.717) is 18.1 Å². The maximum atomic E-state index is 6.13. The fourth-order valence-electron chi connectivity index (χ4n) is 3.37. The Balaban J connectivity index is 1.61. The van der Waals surface area contributed by atoms with Gasteiger partial charge in [0, 0.05) is 43.9 Å². The molecule has 0 spiro atoms. The number of aromatic nitrogens is 1. The second-order valence-corrected chi connectivity index (χ2v) is 5.95. The summed E-state index contributed by atoms with van der Waals surface area (Å²) < 4.78 is 6.13. The van der Waals surface area contributed by atoms with E-state index in [9.17, 15) is 0 Å². The lowest BCUT2D eigenvalue weighted by atomic mass is 10.1. The fourth-order valence-corrected chi connectivity index (χ4v) is 3.37. The van der Waals surface area contributed by atoms with Crippen LogP contribution in [0.5, 0.6) is 5.88 Å². The lowest BCUT2D eigenvalue weighted by Gasteiger charge is -2.28. The van der Waals surface area contributed by atoms with E-state index >= 15 is 0 Å². The summed E-state index contributed by atoms with van der Waals surface area (Å²) in [4.78, 5) is 9.14. The summed E-state index contributed by atoms with van der Waals surface area (Å²) >= 11 is 0. The van der Waals surface area contributed by atoms with Gasteiger partial charge in [0.2, 0.25) is 5.88 Å². The minimum absolute atomic E-state index is 0.345. The SMILES string of the molecule is CN(C)CCN1C[C@@H]2CC[C@H]1[C@H]2Oc1ccccn1. The summed E-state index contributed by atoms with van der Waals surface area (Å²) in [5.74, 6) is 1.47. The zero-order chi connectivity index (χ0) is 13.2. The van der Waals surface area contributed by atoms with E-state index < -0.39 is 0 Å². The Labute approximate surface area is 115 Å². The van der Waals surface area contributed by atoms with Gasteiger partial charge >= 0.3 is 0 Å². The van der Waals surface area contributed by atoms with Gasteiger partial charge < -0.3 is 9.64 Å². The van der Waals surface area contributed by atoms with Crippen molar-refractivity contribution in [2.45, 2.75) is 25.0 Å². The molecule has 0 N–H and O–H groups in total. The lowest BCUT2D eigenvalue weighted by Crippen LogP contribution is -2.40. The first-order valence-corrected chi connectivity index (χ1v) is 7.20. The van der Waals surface area contributed by atoms with Crippen molar-refractivity contribution in [3.8, 4) is 5.88 Å². The van der Waals surface area contributed by atoms with E-state index in [2.05, 4.69) is 28.9 Å². The van der Waals surface area contributed by atoms with Gasteiger partial charge in [0.15, 0.2) is 0 Å². The summed E-state index contributed by atoms with van der Waals surface area (Å²) in [6.07, 6.45) is 4.73. The Morgan fingerprint density at radius 1 is 1.37 bits per heavy atom. The molecule has 1 aliphatic carbocycles. The minimum atomic E-state index is 0.345. The number of fused-ring (bicyclic) bond motifs is 2. The Hall–Kier alpha value is -1.13. The zero-order valence-electron chi connectivity index (χ0n) is 11.8. The van der Waals surface area contributed by atoms with E-state index in [-0.39, 0.29) is 0 Å². The van der Waals surface area contributed by atoms with Gasteiger partial charge in [0.25, 0.3) is 0 Å². The van der Waals surface area contributed by atoms with Crippen molar-refractivity contribution < 1.29 is 4.74 Å². The van der Waals surface area contributed by atoms with Gasteiger partial charge in [-0.1, -0.05) is 6.07 Å². The number of hydrogen-bond donors (Lipinski definition) is 0. The third-order valence-electron chi connectivity index (χ3n) is 4.34. The van der Waals surface area contributed by atoms with E-state index in [4.69, 9.17) is 4.74 Å². The van der Waals surface area contributed by atoms with Gasteiger partial charge in [-0.2, -0.15) is 0 Å². The normalized spacial score (nSPS) is 30.2. The highest BCUT2D eigenvalue weighted by Crippen LogP contribution is 2.39. The number of hydrogen-bond acceptors (Lipinski definition) is 4. The van der Waals surface area contributed by atoms with Crippen LogP contribution < -0.4 is 4.74 Å². The fraction of sp³-hybridized carbons (Fsp3) is 0.667. The van der Waals surface area contributed by atoms with Crippen LogP contribution in [0.3, 0.4) is 0 Å². The van der Waals surface area contributed by atoms with Crippen molar-refractivity contribution in [3.63, 3.8) is 0 Å². The Morgan fingerprint density at radius 2 is 2.26 bits per heavy atom. The Bertz CT molecular complexity index is 409. The number of likely N-dealkylation sites (N-methyl/N-ethyl adjacent to an activating group) is 1. The number of ether oxygens (including phenoxy) is 1. The smallest absolute Gasteiger partial charge is 0.213 e. The number of piperidine rings is 1. The first kappa shape index (κ1) is 12.9. The average Bonchev–Trinajstić information content (AvgIpc) is 2.94. The molecule has 1 aromatic rings. The maximum Gasteiger partial charge on any atom is 0.213 e. The van der Waals surface area contributed by atoms with E-state index in [0.717, 1.165) is 19.0 Å². The maximum absolute atomic E-state index is 6.13. The summed E-state index contributed by atoms with van der Waals surface area (Å²) in [6, 6.07) is 6.47. The molecule has 1 saturated heterocycles. The first-order chi connectivity index (χ1) is 9.24. The van der Waals surface area contributed by atoms with Crippen molar-refractivity contribution in [2.24, 2.45) is 5.92 Å². The third-order valence-corrected chi connectivity index (χ3v) is 4.34. The Morgan fingerprint density at radius 3 is 3.00 bits per heavy atom. The molecule has 0 amide bonds. The molecule has 0 unspecified atom stereocenters. The summed E-state index contributed by atoms with van der Waals surface area (Å²) in [5.41, 5.74) is 0. The molecular weight excluding hydrogens is 238 g/mol. The lowest BCUT2D eigenvalue weighted by molar-refractivity contribution is 0.135. The van der Waals surface area contributed by atoms with Crippen molar-refractivity contribution in [2.75, 3.05) is 33.7 Å². The van der Waals surface area contributed by atoms with Gasteiger partial charge in [-0.25, -0.2) is 4.98 Å². The molecule has 2 heterocycles. The number of nitrogens with zero attached hydrogens (tertiary/aromatic N) is 3. The third kappa shape index (κ3) is 2.74. The van der Waals surface area contributed by atoms with Crippen LogP contribution in [0.2, 0.25) is 0 Å². The molecule has 1 aliphatic heterocycles. The van der Waals surface area contributed by atoms with Gasteiger partial charge in [0.05, 0.1) is 0 Å². The van der Waals surface area contributed by atoms with Crippen LogP contribution in [0.1, 0.15) is 12.8 Å². The molecule has 2 bridgehead atoms. The van der Waals surface area contributed by atoms with Gasteiger partial charge in [-0.3, -0.25) is 4.90 Å². The standard InChI is InChI=1S/C15H23N3O/c1-17(2)9-10-18-11-12-6-7-13(18)15(12)19-14-5-3-4-8-16-14/h3-5,8,12-13,15H,6-7,9-11H2,1-2H3/t12-,13-,15-/m0/s1. The summed E-state index contributed by atoms with van der Waals surface area (Å²) in [6.45, 7) is 3.46. The molecule has 2 fully saturated rings. The van der Waals surface area contributed by atoms with Gasteiger partial charge in [-0.05, 0) is 33.0 Å². The van der Waals surface area contributed by atoms with E-state index in [1.807, 2.05) is 18.2 Å². The van der Waals surface area contributed by atoms with Crippen LogP contribution in [-0.2, 0) is 0 Å². The highest BCUT2D eigenvalue weighted by atomic mass is 16.5. The molecule has 0 aromatic carbocycles. The number of rotatable bonds is 5. The monoisotopic (exact) mass is 261 g/mol. The molecule has 1 saturated carbocycles. The predicted molar refractivity (Wildman–Crippen MR) is 75.3 cm³/mol. The molecule has 3 atom stereocenters. The van der Waals surface area contributed by atoms with Crippen LogP contribution >= 0.6 is 0 Å². The quantitative estimate of drug-likeness (QED) is 0.803. The topological polar surface area (TPSA) is 28.6 Å². The van der Waals surface area contributed by atoms with E-state index in [1.54, 1.807) is 6.20 Å². The van der Waals surface area contributed by atoms with Gasteiger partial charge in [-0.15, -0.1) is 0 Å². The highest BCUT2D eigenvalue weighted by molar-refractivity contribution is 5.12. The number of pyridine rings is 1. The molecule has 2 aliphatic rings. The molecule has 104 valence electrons. The first-order valence-electron chi connectivity index (χ1n) is 7.20. The molecule has 0 radical (unpaired) electrons. The van der Waals surface area contributed by atoms with Crippen molar-refractivity contribution in [1.29, 1.82) is 0 Å². The van der Waals surface area contributed by atoms with Crippen LogP contribution in [0.15, 0.2) is 24.4 Å². The second-order valence-electron chi connectivity index (χ2n) is 5.95.